The Morgan fingerprint density at radius 3 is 2.68 bits per heavy atom. The minimum absolute atomic E-state index is 0.220. The first-order valence-corrected chi connectivity index (χ1v) is 7.35. The molecule has 0 saturated heterocycles. The molecule has 22 heavy (non-hydrogen) atoms. The van der Waals surface area contributed by atoms with Gasteiger partial charge in [-0.25, -0.2) is 0 Å². The molecule has 0 aliphatic rings. The monoisotopic (exact) mass is 317 g/mol. The van der Waals surface area contributed by atoms with E-state index in [1.54, 1.807) is 24.3 Å². The van der Waals surface area contributed by atoms with Crippen molar-refractivity contribution in [3.63, 3.8) is 0 Å². The van der Waals surface area contributed by atoms with Crippen molar-refractivity contribution in [1.82, 2.24) is 0 Å². The summed E-state index contributed by atoms with van der Waals surface area (Å²) in [6, 6.07) is 10.7. The SMILES string of the molecule is N#C/C(=N\Nc1cccc2cc(S(=O)(=O)O)ccc12)C(=N)N. The molecule has 0 amide bonds. The highest BCUT2D eigenvalue weighted by molar-refractivity contribution is 7.85. The molecule has 112 valence electrons. The van der Waals surface area contributed by atoms with Crippen LogP contribution in [0.4, 0.5) is 5.69 Å². The van der Waals surface area contributed by atoms with E-state index >= 15 is 0 Å². The maximum absolute atomic E-state index is 11.1. The Morgan fingerprint density at radius 2 is 2.09 bits per heavy atom. The molecule has 5 N–H and O–H groups in total. The van der Waals surface area contributed by atoms with Crippen molar-refractivity contribution in [1.29, 1.82) is 10.7 Å². The van der Waals surface area contributed by atoms with E-state index in [4.69, 9.17) is 21.0 Å². The number of hydrogen-bond donors (Lipinski definition) is 4. The molecule has 0 aromatic heterocycles. The number of nitrogens with two attached hydrogens (primary N) is 1. The van der Waals surface area contributed by atoms with Crippen molar-refractivity contribution in [2.24, 2.45) is 10.8 Å². The number of nitriles is 1. The van der Waals surface area contributed by atoms with Gasteiger partial charge in [0.15, 0.2) is 5.84 Å². The molecule has 2 aromatic rings. The van der Waals surface area contributed by atoms with Crippen LogP contribution in [-0.4, -0.2) is 24.5 Å². The third-order valence-electron chi connectivity index (χ3n) is 2.80. The average molecular weight is 317 g/mol. The van der Waals surface area contributed by atoms with Crippen molar-refractivity contribution < 1.29 is 13.0 Å². The van der Waals surface area contributed by atoms with Gasteiger partial charge in [-0.2, -0.15) is 18.8 Å². The Labute approximate surface area is 126 Å². The zero-order valence-corrected chi connectivity index (χ0v) is 11.9. The standard InChI is InChI=1S/C13H11N5O3S/c14-7-12(13(15)16)18-17-11-3-1-2-8-6-9(22(19,20)21)4-5-10(8)11/h1-6,17H,(H3,15,16)(H,19,20,21)/b18-12+. The fourth-order valence-corrected chi connectivity index (χ4v) is 2.30. The van der Waals surface area contributed by atoms with Gasteiger partial charge < -0.3 is 5.73 Å². The van der Waals surface area contributed by atoms with E-state index in [1.807, 2.05) is 0 Å². The molecule has 0 radical (unpaired) electrons. The first kappa shape index (κ1) is 15.4. The first-order valence-electron chi connectivity index (χ1n) is 5.91. The molecule has 0 heterocycles. The van der Waals surface area contributed by atoms with Gasteiger partial charge >= 0.3 is 0 Å². The lowest BCUT2D eigenvalue weighted by Gasteiger charge is -2.07. The largest absolute Gasteiger partial charge is 0.382 e. The number of benzene rings is 2. The zero-order valence-electron chi connectivity index (χ0n) is 11.1. The minimum atomic E-state index is -4.28. The third-order valence-corrected chi connectivity index (χ3v) is 3.65. The van der Waals surface area contributed by atoms with Crippen LogP contribution in [-0.2, 0) is 10.1 Å². The highest BCUT2D eigenvalue weighted by Crippen LogP contribution is 2.26. The Bertz CT molecular complexity index is 928. The van der Waals surface area contributed by atoms with Gasteiger partial charge in [0.25, 0.3) is 10.1 Å². The van der Waals surface area contributed by atoms with Crippen molar-refractivity contribution in [2.75, 3.05) is 5.43 Å². The molecule has 0 aliphatic heterocycles. The van der Waals surface area contributed by atoms with Gasteiger partial charge in [-0.1, -0.05) is 18.2 Å². The summed E-state index contributed by atoms with van der Waals surface area (Å²) in [4.78, 5) is -0.220. The number of fused-ring (bicyclic) bond motifs is 1. The van der Waals surface area contributed by atoms with E-state index in [-0.39, 0.29) is 10.6 Å². The number of amidine groups is 1. The summed E-state index contributed by atoms with van der Waals surface area (Å²) in [5.74, 6) is -0.469. The highest BCUT2D eigenvalue weighted by Gasteiger charge is 2.11. The molecule has 2 rings (SSSR count). The molecule has 0 fully saturated rings. The molecular formula is C13H11N5O3S. The van der Waals surface area contributed by atoms with Crippen LogP contribution in [0.25, 0.3) is 10.8 Å². The summed E-state index contributed by atoms with van der Waals surface area (Å²) in [6.07, 6.45) is 0. The van der Waals surface area contributed by atoms with E-state index in [2.05, 4.69) is 10.5 Å². The number of nitrogens with one attached hydrogen (secondary N) is 2. The third kappa shape index (κ3) is 3.20. The van der Waals surface area contributed by atoms with Crippen LogP contribution in [0.2, 0.25) is 0 Å². The molecule has 9 heteroatoms. The van der Waals surface area contributed by atoms with Crippen molar-refractivity contribution in [2.45, 2.75) is 4.90 Å². The van der Waals surface area contributed by atoms with Gasteiger partial charge in [-0.3, -0.25) is 15.4 Å². The number of hydrazone groups is 1. The van der Waals surface area contributed by atoms with Crippen LogP contribution in [0.15, 0.2) is 46.4 Å². The number of nitrogens with zero attached hydrogens (tertiary/aromatic N) is 2. The topological polar surface area (TPSA) is 152 Å². The maximum Gasteiger partial charge on any atom is 0.294 e. The van der Waals surface area contributed by atoms with Gasteiger partial charge in [-0.15, -0.1) is 0 Å². The van der Waals surface area contributed by atoms with Crippen molar-refractivity contribution in [3.05, 3.63) is 36.4 Å². The predicted octanol–water partition coefficient (Wildman–Crippen LogP) is 1.31. The molecular weight excluding hydrogens is 306 g/mol. The summed E-state index contributed by atoms with van der Waals surface area (Å²) in [5.41, 5.74) is 8.02. The first-order chi connectivity index (χ1) is 10.3. The van der Waals surface area contributed by atoms with E-state index < -0.39 is 16.0 Å². The molecule has 0 aliphatic carbocycles. The Hall–Kier alpha value is -2.96. The van der Waals surface area contributed by atoms with E-state index in [9.17, 15) is 8.42 Å². The zero-order chi connectivity index (χ0) is 16.3. The smallest absolute Gasteiger partial charge is 0.294 e. The molecule has 8 nitrogen and oxygen atoms in total. The van der Waals surface area contributed by atoms with Crippen LogP contribution in [0.5, 0.6) is 0 Å². The van der Waals surface area contributed by atoms with Gasteiger partial charge in [0.2, 0.25) is 5.71 Å². The molecule has 0 atom stereocenters. The quantitative estimate of drug-likeness (QED) is 0.289. The minimum Gasteiger partial charge on any atom is -0.382 e. The second-order valence-electron chi connectivity index (χ2n) is 4.26. The number of rotatable bonds is 4. The Morgan fingerprint density at radius 1 is 1.36 bits per heavy atom. The molecule has 0 unspecified atom stereocenters. The summed E-state index contributed by atoms with van der Waals surface area (Å²) in [7, 11) is -4.28. The lowest BCUT2D eigenvalue weighted by atomic mass is 10.1. The maximum atomic E-state index is 11.1. The van der Waals surface area contributed by atoms with Crippen LogP contribution in [0.1, 0.15) is 0 Å². The molecule has 2 aromatic carbocycles. The van der Waals surface area contributed by atoms with Gasteiger partial charge in [0.1, 0.15) is 6.07 Å². The van der Waals surface area contributed by atoms with Gasteiger partial charge in [0.05, 0.1) is 10.6 Å². The highest BCUT2D eigenvalue weighted by atomic mass is 32.2. The number of hydrogen-bond acceptors (Lipinski definition) is 6. The summed E-state index contributed by atoms with van der Waals surface area (Å²) in [6.45, 7) is 0. The van der Waals surface area contributed by atoms with E-state index in [1.165, 1.54) is 18.2 Å². The van der Waals surface area contributed by atoms with Crippen LogP contribution < -0.4 is 11.2 Å². The average Bonchev–Trinajstić information content (AvgIpc) is 2.46. The molecule has 0 saturated carbocycles. The predicted molar refractivity (Wildman–Crippen MR) is 82.3 cm³/mol. The van der Waals surface area contributed by atoms with E-state index in [0.29, 0.717) is 16.5 Å². The normalized spacial score (nSPS) is 11.9. The number of anilines is 1. The van der Waals surface area contributed by atoms with Crippen molar-refractivity contribution >= 4 is 38.1 Å². The Balaban J connectivity index is 2.49. The summed E-state index contributed by atoms with van der Waals surface area (Å²) in [5, 5.41) is 20.8. The Kier molecular flexibility index (Phi) is 4.07. The lowest BCUT2D eigenvalue weighted by molar-refractivity contribution is 0.483. The van der Waals surface area contributed by atoms with Crippen molar-refractivity contribution in [3.8, 4) is 6.07 Å². The van der Waals surface area contributed by atoms with Gasteiger partial charge in [0, 0.05) is 5.39 Å². The summed E-state index contributed by atoms with van der Waals surface area (Å²) < 4.78 is 31.3. The van der Waals surface area contributed by atoms with Crippen LogP contribution >= 0.6 is 0 Å². The summed E-state index contributed by atoms with van der Waals surface area (Å²) >= 11 is 0. The molecule has 0 spiro atoms. The van der Waals surface area contributed by atoms with Crippen LogP contribution in [0.3, 0.4) is 0 Å². The van der Waals surface area contributed by atoms with E-state index in [0.717, 1.165) is 0 Å². The van der Waals surface area contributed by atoms with Crippen LogP contribution in [0, 0.1) is 16.7 Å². The second kappa shape index (κ2) is 5.80. The fraction of sp³-hybridized carbons (Fsp3) is 0. The second-order valence-corrected chi connectivity index (χ2v) is 5.68. The van der Waals surface area contributed by atoms with Gasteiger partial charge in [-0.05, 0) is 23.6 Å². The lowest BCUT2D eigenvalue weighted by Crippen LogP contribution is -2.21. The fourth-order valence-electron chi connectivity index (χ4n) is 1.78. The molecule has 0 bridgehead atoms.